The molecule has 1 aliphatic heterocycles. The van der Waals surface area contributed by atoms with Gasteiger partial charge in [0, 0.05) is 29.9 Å². The molecule has 1 atom stereocenters. The fourth-order valence-corrected chi connectivity index (χ4v) is 2.64. The third kappa shape index (κ3) is 2.96. The van der Waals surface area contributed by atoms with Crippen molar-refractivity contribution in [2.75, 3.05) is 13.1 Å². The van der Waals surface area contributed by atoms with E-state index in [1.807, 2.05) is 30.5 Å². The van der Waals surface area contributed by atoms with Crippen LogP contribution in [0.1, 0.15) is 17.3 Å². The molecule has 5 heteroatoms. The average molecular weight is 289 g/mol. The largest absolute Gasteiger partial charge is 0.365 e. The van der Waals surface area contributed by atoms with Gasteiger partial charge in [-0.1, -0.05) is 29.8 Å². The van der Waals surface area contributed by atoms with Crippen molar-refractivity contribution in [3.63, 3.8) is 0 Å². The van der Waals surface area contributed by atoms with Crippen molar-refractivity contribution in [3.8, 4) is 0 Å². The van der Waals surface area contributed by atoms with Gasteiger partial charge in [-0.3, -0.25) is 4.99 Å². The average Bonchev–Trinajstić information content (AvgIpc) is 3.12. The molecule has 3 N–H and O–H groups in total. The number of aromatic amines is 1. The van der Waals surface area contributed by atoms with E-state index in [1.165, 1.54) is 5.69 Å². The molecule has 1 aromatic carbocycles. The number of nitrogens with one attached hydrogen (secondary N) is 3. The van der Waals surface area contributed by atoms with E-state index in [1.54, 1.807) is 0 Å². The molecular formula is C15H17ClN4. The van der Waals surface area contributed by atoms with Crippen molar-refractivity contribution in [2.45, 2.75) is 12.5 Å². The molecule has 1 aliphatic rings. The van der Waals surface area contributed by atoms with Gasteiger partial charge in [0.2, 0.25) is 0 Å². The minimum atomic E-state index is 0.0895. The van der Waals surface area contributed by atoms with Gasteiger partial charge in [-0.05, 0) is 23.8 Å². The van der Waals surface area contributed by atoms with Gasteiger partial charge < -0.3 is 15.6 Å². The summed E-state index contributed by atoms with van der Waals surface area (Å²) in [5.41, 5.74) is 2.25. The normalized spacial score (nSPS) is 15.6. The van der Waals surface area contributed by atoms with Crippen LogP contribution in [0.25, 0.3) is 0 Å². The molecule has 0 saturated carbocycles. The van der Waals surface area contributed by atoms with Gasteiger partial charge in [-0.2, -0.15) is 0 Å². The van der Waals surface area contributed by atoms with Crippen molar-refractivity contribution in [1.29, 1.82) is 0 Å². The SMILES string of the molecule is Clc1ccccc1C(Cc1ccc[nH]1)NC1=NCCN1. The van der Waals surface area contributed by atoms with Gasteiger partial charge in [0.1, 0.15) is 0 Å². The van der Waals surface area contributed by atoms with Crippen molar-refractivity contribution in [1.82, 2.24) is 15.6 Å². The van der Waals surface area contributed by atoms with Crippen molar-refractivity contribution in [3.05, 3.63) is 58.9 Å². The number of rotatable bonds is 4. The van der Waals surface area contributed by atoms with Gasteiger partial charge in [-0.15, -0.1) is 0 Å². The van der Waals surface area contributed by atoms with Crippen molar-refractivity contribution in [2.24, 2.45) is 4.99 Å². The highest BCUT2D eigenvalue weighted by atomic mass is 35.5. The lowest BCUT2D eigenvalue weighted by Crippen LogP contribution is -2.37. The zero-order chi connectivity index (χ0) is 13.8. The van der Waals surface area contributed by atoms with Crippen LogP contribution in [0.4, 0.5) is 0 Å². The van der Waals surface area contributed by atoms with Gasteiger partial charge in [-0.25, -0.2) is 0 Å². The summed E-state index contributed by atoms with van der Waals surface area (Å²) in [5, 5.41) is 7.46. The van der Waals surface area contributed by atoms with Crippen LogP contribution in [0.2, 0.25) is 5.02 Å². The molecule has 4 nitrogen and oxygen atoms in total. The van der Waals surface area contributed by atoms with Crippen LogP contribution in [-0.2, 0) is 6.42 Å². The molecule has 0 fully saturated rings. The first kappa shape index (κ1) is 13.1. The summed E-state index contributed by atoms with van der Waals surface area (Å²) in [6.07, 6.45) is 2.77. The first-order valence-corrected chi connectivity index (χ1v) is 7.12. The van der Waals surface area contributed by atoms with Crippen LogP contribution in [-0.4, -0.2) is 24.0 Å². The third-order valence-electron chi connectivity index (χ3n) is 3.35. The van der Waals surface area contributed by atoms with E-state index in [2.05, 4.69) is 32.7 Å². The van der Waals surface area contributed by atoms with Crippen LogP contribution in [0.15, 0.2) is 47.6 Å². The molecule has 20 heavy (non-hydrogen) atoms. The summed E-state index contributed by atoms with van der Waals surface area (Å²) >= 11 is 6.33. The van der Waals surface area contributed by atoms with E-state index >= 15 is 0 Å². The molecule has 0 spiro atoms. The van der Waals surface area contributed by atoms with E-state index in [-0.39, 0.29) is 6.04 Å². The molecule has 2 heterocycles. The molecule has 1 unspecified atom stereocenters. The number of aromatic nitrogens is 1. The number of nitrogens with zero attached hydrogens (tertiary/aromatic N) is 1. The predicted octanol–water partition coefficient (Wildman–Crippen LogP) is 2.50. The summed E-state index contributed by atoms with van der Waals surface area (Å²) in [4.78, 5) is 7.64. The van der Waals surface area contributed by atoms with Gasteiger partial charge >= 0.3 is 0 Å². The Hall–Kier alpha value is -1.94. The standard InChI is InChI=1S/C15H17ClN4/c16-13-6-2-1-5-12(13)14(10-11-4-3-7-17-11)20-15-18-8-9-19-15/h1-7,14,17H,8-10H2,(H2,18,19,20). The molecule has 2 aromatic rings. The fourth-order valence-electron chi connectivity index (χ4n) is 2.37. The number of hydrogen-bond acceptors (Lipinski definition) is 3. The molecule has 0 bridgehead atoms. The lowest BCUT2D eigenvalue weighted by molar-refractivity contribution is 0.627. The molecule has 0 radical (unpaired) electrons. The summed E-state index contributed by atoms with van der Waals surface area (Å²) in [5.74, 6) is 0.849. The Bertz CT molecular complexity index is 592. The maximum Gasteiger partial charge on any atom is 0.191 e. The zero-order valence-electron chi connectivity index (χ0n) is 11.1. The first-order valence-electron chi connectivity index (χ1n) is 6.74. The molecule has 104 valence electrons. The maximum absolute atomic E-state index is 6.33. The van der Waals surface area contributed by atoms with Crippen molar-refractivity contribution >= 4 is 17.6 Å². The van der Waals surface area contributed by atoms with E-state index in [0.29, 0.717) is 0 Å². The smallest absolute Gasteiger partial charge is 0.191 e. The molecule has 0 amide bonds. The lowest BCUT2D eigenvalue weighted by Gasteiger charge is -2.21. The second-order valence-corrected chi connectivity index (χ2v) is 5.18. The number of benzene rings is 1. The Kier molecular flexibility index (Phi) is 3.92. The third-order valence-corrected chi connectivity index (χ3v) is 3.70. The van der Waals surface area contributed by atoms with Crippen LogP contribution >= 0.6 is 11.6 Å². The number of H-pyrrole nitrogens is 1. The van der Waals surface area contributed by atoms with Gasteiger partial charge in [0.25, 0.3) is 0 Å². The van der Waals surface area contributed by atoms with E-state index in [9.17, 15) is 0 Å². The monoisotopic (exact) mass is 288 g/mol. The second-order valence-electron chi connectivity index (χ2n) is 4.78. The Morgan fingerprint density at radius 1 is 1.25 bits per heavy atom. The van der Waals surface area contributed by atoms with Crippen LogP contribution in [0.5, 0.6) is 0 Å². The summed E-state index contributed by atoms with van der Waals surface area (Å²) in [7, 11) is 0. The minimum absolute atomic E-state index is 0.0895. The first-order chi connectivity index (χ1) is 9.83. The highest BCUT2D eigenvalue weighted by Gasteiger charge is 2.18. The van der Waals surface area contributed by atoms with Gasteiger partial charge in [0.15, 0.2) is 5.96 Å². The van der Waals surface area contributed by atoms with Crippen molar-refractivity contribution < 1.29 is 0 Å². The zero-order valence-corrected chi connectivity index (χ0v) is 11.8. The van der Waals surface area contributed by atoms with Crippen LogP contribution in [0.3, 0.4) is 0 Å². The van der Waals surface area contributed by atoms with Crippen LogP contribution in [0, 0.1) is 0 Å². The lowest BCUT2D eigenvalue weighted by atomic mass is 10.0. The number of hydrogen-bond donors (Lipinski definition) is 3. The molecular weight excluding hydrogens is 272 g/mol. The quantitative estimate of drug-likeness (QED) is 0.810. The van der Waals surface area contributed by atoms with E-state index < -0.39 is 0 Å². The van der Waals surface area contributed by atoms with Gasteiger partial charge in [0.05, 0.1) is 12.6 Å². The molecule has 3 rings (SSSR count). The fraction of sp³-hybridized carbons (Fsp3) is 0.267. The van der Waals surface area contributed by atoms with E-state index in [0.717, 1.165) is 36.1 Å². The molecule has 1 aromatic heterocycles. The predicted molar refractivity (Wildman–Crippen MR) is 82.1 cm³/mol. The highest BCUT2D eigenvalue weighted by molar-refractivity contribution is 6.31. The Balaban J connectivity index is 1.84. The summed E-state index contributed by atoms with van der Waals surface area (Å²) in [6, 6.07) is 12.1. The number of aliphatic imine (C=N–C) groups is 1. The Labute approximate surface area is 123 Å². The maximum atomic E-state index is 6.33. The highest BCUT2D eigenvalue weighted by Crippen LogP contribution is 2.25. The molecule has 0 aliphatic carbocycles. The van der Waals surface area contributed by atoms with E-state index in [4.69, 9.17) is 11.6 Å². The number of guanidine groups is 1. The summed E-state index contributed by atoms with van der Waals surface area (Å²) in [6.45, 7) is 1.71. The Morgan fingerprint density at radius 3 is 2.85 bits per heavy atom. The minimum Gasteiger partial charge on any atom is -0.365 e. The number of halogens is 1. The van der Waals surface area contributed by atoms with Crippen LogP contribution < -0.4 is 10.6 Å². The topological polar surface area (TPSA) is 52.2 Å². The summed E-state index contributed by atoms with van der Waals surface area (Å²) < 4.78 is 0. The molecule has 0 saturated heterocycles. The second kappa shape index (κ2) is 6.01. The Morgan fingerprint density at radius 2 is 2.15 bits per heavy atom.